The lowest BCUT2D eigenvalue weighted by molar-refractivity contribution is -0.141. The first-order chi connectivity index (χ1) is 5.99. The van der Waals surface area contributed by atoms with Gasteiger partial charge < -0.3 is 9.84 Å². The normalized spacial score (nSPS) is 13.6. The van der Waals surface area contributed by atoms with Gasteiger partial charge in [-0.2, -0.15) is 12.6 Å². The topological polar surface area (TPSA) is 63.6 Å². The van der Waals surface area contributed by atoms with Gasteiger partial charge in [0.15, 0.2) is 5.78 Å². The van der Waals surface area contributed by atoms with Crippen molar-refractivity contribution in [3.05, 3.63) is 11.8 Å². The van der Waals surface area contributed by atoms with Crippen molar-refractivity contribution < 1.29 is 19.4 Å². The molecule has 0 saturated carbocycles. The highest BCUT2D eigenvalue weighted by atomic mass is 32.1. The van der Waals surface area contributed by atoms with Crippen LogP contribution in [-0.2, 0) is 14.3 Å². The number of aliphatic hydroxyl groups excluding tert-OH is 1. The number of allylic oxidation sites excluding steroid dienone is 1. The van der Waals surface area contributed by atoms with E-state index >= 15 is 0 Å². The molecule has 0 spiro atoms. The number of hydrogen-bond donors (Lipinski definition) is 2. The molecule has 0 amide bonds. The Labute approximate surface area is 82.0 Å². The Bertz CT molecular complexity index is 232. The number of rotatable bonds is 4. The van der Waals surface area contributed by atoms with Gasteiger partial charge in [-0.3, -0.25) is 4.79 Å². The lowest BCUT2D eigenvalue weighted by atomic mass is 10.2. The molecule has 4 nitrogen and oxygen atoms in total. The van der Waals surface area contributed by atoms with E-state index in [9.17, 15) is 9.59 Å². The summed E-state index contributed by atoms with van der Waals surface area (Å²) >= 11 is 3.83. The summed E-state index contributed by atoms with van der Waals surface area (Å²) in [7, 11) is 0. The van der Waals surface area contributed by atoms with Crippen LogP contribution in [0.3, 0.4) is 0 Å². The first-order valence-corrected chi connectivity index (χ1v) is 4.30. The number of carbonyl (C=O) groups excluding carboxylic acids is 2. The molecule has 0 saturated heterocycles. The van der Waals surface area contributed by atoms with Crippen LogP contribution in [0, 0.1) is 0 Å². The van der Waals surface area contributed by atoms with Crippen molar-refractivity contribution in [2.45, 2.75) is 19.1 Å². The highest BCUT2D eigenvalue weighted by molar-refractivity contribution is 7.81. The van der Waals surface area contributed by atoms with Gasteiger partial charge in [-0.15, -0.1) is 0 Å². The van der Waals surface area contributed by atoms with E-state index in [1.165, 1.54) is 0 Å². The largest absolute Gasteiger partial charge is 0.502 e. The van der Waals surface area contributed by atoms with Crippen LogP contribution in [0.5, 0.6) is 0 Å². The van der Waals surface area contributed by atoms with Gasteiger partial charge in [0.1, 0.15) is 0 Å². The van der Waals surface area contributed by atoms with Crippen LogP contribution in [0.4, 0.5) is 0 Å². The van der Waals surface area contributed by atoms with Crippen molar-refractivity contribution in [2.75, 3.05) is 6.61 Å². The molecule has 1 unspecified atom stereocenters. The molecule has 0 heterocycles. The molecule has 74 valence electrons. The third kappa shape index (κ3) is 4.57. The van der Waals surface area contributed by atoms with E-state index in [2.05, 4.69) is 17.4 Å². The second-order valence-corrected chi connectivity index (χ2v) is 3.10. The van der Waals surface area contributed by atoms with E-state index in [1.807, 2.05) is 0 Å². The number of hydrogen-bond acceptors (Lipinski definition) is 5. The quantitative estimate of drug-likeness (QED) is 0.309. The Morgan fingerprint density at radius 1 is 1.62 bits per heavy atom. The predicted octanol–water partition coefficient (Wildman–Crippen LogP) is 0.879. The third-order valence-electron chi connectivity index (χ3n) is 1.18. The maximum atomic E-state index is 10.9. The van der Waals surface area contributed by atoms with E-state index in [1.54, 1.807) is 13.8 Å². The van der Waals surface area contributed by atoms with E-state index in [0.717, 1.165) is 6.08 Å². The first kappa shape index (κ1) is 12.0. The third-order valence-corrected chi connectivity index (χ3v) is 1.43. The summed E-state index contributed by atoms with van der Waals surface area (Å²) in [5.41, 5.74) is 0. The predicted molar refractivity (Wildman–Crippen MR) is 50.8 cm³/mol. The minimum absolute atomic E-state index is 0.154. The molecule has 0 aromatic rings. The van der Waals surface area contributed by atoms with Gasteiger partial charge in [0, 0.05) is 6.08 Å². The van der Waals surface area contributed by atoms with Crippen molar-refractivity contribution in [2.24, 2.45) is 0 Å². The monoisotopic (exact) mass is 204 g/mol. The molecule has 1 atom stereocenters. The van der Waals surface area contributed by atoms with Crippen molar-refractivity contribution in [3.63, 3.8) is 0 Å². The minimum Gasteiger partial charge on any atom is -0.502 e. The first-order valence-electron chi connectivity index (χ1n) is 3.78. The maximum Gasteiger partial charge on any atom is 0.373 e. The SMILES string of the molecule is CCOC(=O)C(O)=CC(=O)C(C)S. The van der Waals surface area contributed by atoms with Crippen LogP contribution in [0.2, 0.25) is 0 Å². The van der Waals surface area contributed by atoms with Crippen molar-refractivity contribution in [1.29, 1.82) is 0 Å². The lowest BCUT2D eigenvalue weighted by Gasteiger charge is -2.00. The Kier molecular flexibility index (Phi) is 5.22. The van der Waals surface area contributed by atoms with Gasteiger partial charge in [0.2, 0.25) is 5.76 Å². The Morgan fingerprint density at radius 2 is 2.15 bits per heavy atom. The van der Waals surface area contributed by atoms with E-state index in [-0.39, 0.29) is 6.61 Å². The number of esters is 1. The zero-order valence-corrected chi connectivity index (χ0v) is 8.38. The molecule has 0 aliphatic rings. The fourth-order valence-electron chi connectivity index (χ4n) is 0.519. The highest BCUT2D eigenvalue weighted by Gasteiger charge is 2.12. The molecule has 0 radical (unpaired) electrons. The van der Waals surface area contributed by atoms with Gasteiger partial charge >= 0.3 is 5.97 Å². The molecule has 0 aromatic carbocycles. The lowest BCUT2D eigenvalue weighted by Crippen LogP contribution is -2.12. The van der Waals surface area contributed by atoms with E-state index in [0.29, 0.717) is 0 Å². The van der Waals surface area contributed by atoms with Crippen molar-refractivity contribution in [1.82, 2.24) is 0 Å². The standard InChI is InChI=1S/C8H12O4S/c1-3-12-8(11)7(10)4-6(9)5(2)13/h4-5,10,13H,3H2,1-2H3. The average Bonchev–Trinajstić information content (AvgIpc) is 2.04. The number of ether oxygens (including phenoxy) is 1. The summed E-state index contributed by atoms with van der Waals surface area (Å²) in [5, 5.41) is 8.46. The fourth-order valence-corrected chi connectivity index (χ4v) is 0.594. The molecule has 5 heteroatoms. The smallest absolute Gasteiger partial charge is 0.373 e. The van der Waals surface area contributed by atoms with Crippen LogP contribution in [0.1, 0.15) is 13.8 Å². The Hall–Kier alpha value is -0.970. The summed E-state index contributed by atoms with van der Waals surface area (Å²) in [6, 6.07) is 0. The highest BCUT2D eigenvalue weighted by Crippen LogP contribution is 2.00. The molecule has 0 bridgehead atoms. The van der Waals surface area contributed by atoms with Crippen molar-refractivity contribution in [3.8, 4) is 0 Å². The second kappa shape index (κ2) is 5.64. The second-order valence-electron chi connectivity index (χ2n) is 2.33. The van der Waals surface area contributed by atoms with Crippen LogP contribution >= 0.6 is 12.6 Å². The summed E-state index contributed by atoms with van der Waals surface area (Å²) in [6.45, 7) is 3.30. The molecular weight excluding hydrogens is 192 g/mol. The van der Waals surface area contributed by atoms with E-state index in [4.69, 9.17) is 5.11 Å². The minimum atomic E-state index is -0.898. The zero-order valence-electron chi connectivity index (χ0n) is 7.48. The number of aliphatic hydroxyl groups is 1. The number of ketones is 1. The fraction of sp³-hybridized carbons (Fsp3) is 0.500. The molecule has 0 aromatic heterocycles. The molecule has 0 aliphatic heterocycles. The zero-order chi connectivity index (χ0) is 10.4. The molecule has 0 aliphatic carbocycles. The Balaban J connectivity index is 4.31. The molecular formula is C8H12O4S. The van der Waals surface area contributed by atoms with Crippen LogP contribution in [0.15, 0.2) is 11.8 Å². The van der Waals surface area contributed by atoms with Gasteiger partial charge in [-0.05, 0) is 13.8 Å². The summed E-state index contributed by atoms with van der Waals surface area (Å²) in [5.74, 6) is -2.02. The van der Waals surface area contributed by atoms with Gasteiger partial charge in [0.05, 0.1) is 11.9 Å². The van der Waals surface area contributed by atoms with Crippen LogP contribution < -0.4 is 0 Å². The van der Waals surface area contributed by atoms with Crippen LogP contribution in [-0.4, -0.2) is 28.7 Å². The summed E-state index contributed by atoms with van der Waals surface area (Å²) in [6.07, 6.45) is 0.815. The summed E-state index contributed by atoms with van der Waals surface area (Å²) < 4.78 is 4.45. The van der Waals surface area contributed by atoms with Gasteiger partial charge in [-0.25, -0.2) is 4.79 Å². The molecule has 0 fully saturated rings. The van der Waals surface area contributed by atoms with Crippen molar-refractivity contribution >= 4 is 24.4 Å². The van der Waals surface area contributed by atoms with Gasteiger partial charge in [0.25, 0.3) is 0 Å². The number of thiol groups is 1. The van der Waals surface area contributed by atoms with E-state index < -0.39 is 22.8 Å². The summed E-state index contributed by atoms with van der Waals surface area (Å²) in [4.78, 5) is 21.7. The molecule has 1 N–H and O–H groups in total. The molecule has 0 rings (SSSR count). The Morgan fingerprint density at radius 3 is 2.54 bits per heavy atom. The van der Waals surface area contributed by atoms with Crippen LogP contribution in [0.25, 0.3) is 0 Å². The average molecular weight is 204 g/mol. The molecule has 13 heavy (non-hydrogen) atoms. The van der Waals surface area contributed by atoms with Gasteiger partial charge in [-0.1, -0.05) is 0 Å². The maximum absolute atomic E-state index is 10.9. The number of carbonyl (C=O) groups is 2.